The van der Waals surface area contributed by atoms with Gasteiger partial charge in [-0.1, -0.05) is 6.07 Å². The minimum Gasteiger partial charge on any atom is -0.543 e. The van der Waals surface area contributed by atoms with Crippen LogP contribution >= 0.6 is 23.1 Å². The number of nitrogens with zero attached hydrogens (tertiary/aromatic N) is 1. The average molecular weight is 380 g/mol. The van der Waals surface area contributed by atoms with Crippen LogP contribution in [0.4, 0.5) is 0 Å². The second kappa shape index (κ2) is 7.01. The molecule has 2 atom stereocenters. The van der Waals surface area contributed by atoms with Crippen LogP contribution in [-0.4, -0.2) is 46.3 Å². The molecule has 1 aromatic heterocycles. The molecule has 0 N–H and O–H groups in total. The summed E-state index contributed by atoms with van der Waals surface area (Å²) in [4.78, 5) is 48.8. The van der Waals surface area contributed by atoms with Gasteiger partial charge in [0.25, 0.3) is 0 Å². The minimum absolute atomic E-state index is 0.0487. The van der Waals surface area contributed by atoms with Crippen molar-refractivity contribution < 1.29 is 29.0 Å². The van der Waals surface area contributed by atoms with Gasteiger partial charge in [-0.25, -0.2) is 0 Å². The molecule has 3 rings (SSSR count). The van der Waals surface area contributed by atoms with Gasteiger partial charge in [-0.15, -0.1) is 23.1 Å². The number of aliphatic carboxylic acids is 1. The molecule has 0 bridgehead atoms. The number of thioether (sulfide) groups is 1. The summed E-state index contributed by atoms with van der Waals surface area (Å²) < 4.78 is 4.85. The first kappa shape index (κ1) is 17.7. The molecule has 2 aliphatic heterocycles. The Balaban J connectivity index is 1.76. The maximum absolute atomic E-state index is 12.4. The summed E-state index contributed by atoms with van der Waals surface area (Å²) in [7, 11) is 0. The third kappa shape index (κ3) is 3.34. The van der Waals surface area contributed by atoms with Crippen LogP contribution in [0.1, 0.15) is 23.0 Å². The number of ketones is 1. The number of carboxylic acids is 1. The molecule has 9 heteroatoms. The SMILES string of the molecule is CC(=O)OCC1=C(C(=O)[O-])N2C(=O)C(CC(=O)c3cccs3)C2SC1. The van der Waals surface area contributed by atoms with Gasteiger partial charge in [0.05, 0.1) is 27.8 Å². The predicted octanol–water partition coefficient (Wildman–Crippen LogP) is 0.419. The van der Waals surface area contributed by atoms with Crippen molar-refractivity contribution >= 4 is 46.7 Å². The highest BCUT2D eigenvalue weighted by atomic mass is 32.2. The van der Waals surface area contributed by atoms with E-state index in [9.17, 15) is 24.3 Å². The first-order chi connectivity index (χ1) is 11.9. The maximum Gasteiger partial charge on any atom is 0.302 e. The van der Waals surface area contributed by atoms with Crippen LogP contribution in [0.15, 0.2) is 28.8 Å². The van der Waals surface area contributed by atoms with Gasteiger partial charge < -0.3 is 14.6 Å². The fourth-order valence-electron chi connectivity index (χ4n) is 2.84. The summed E-state index contributed by atoms with van der Waals surface area (Å²) in [5, 5.41) is 12.9. The number of fused-ring (bicyclic) bond motifs is 1. The number of amides is 1. The molecule has 0 spiro atoms. The normalized spacial score (nSPS) is 22.3. The summed E-state index contributed by atoms with van der Waals surface area (Å²) in [6, 6.07) is 3.46. The van der Waals surface area contributed by atoms with E-state index < -0.39 is 29.1 Å². The Hall–Kier alpha value is -2.13. The van der Waals surface area contributed by atoms with Gasteiger partial charge in [0, 0.05) is 24.7 Å². The summed E-state index contributed by atoms with van der Waals surface area (Å²) >= 11 is 2.67. The number of rotatable bonds is 6. The minimum atomic E-state index is -1.48. The Morgan fingerprint density at radius 1 is 1.40 bits per heavy atom. The lowest BCUT2D eigenvalue weighted by Crippen LogP contribution is -2.63. The van der Waals surface area contributed by atoms with Crippen LogP contribution in [0.25, 0.3) is 0 Å². The predicted molar refractivity (Wildman–Crippen MR) is 88.5 cm³/mol. The second-order valence-electron chi connectivity index (χ2n) is 5.64. The molecule has 7 nitrogen and oxygen atoms in total. The molecule has 2 unspecified atom stereocenters. The molecular formula is C16H14NO6S2-. The fraction of sp³-hybridized carbons (Fsp3) is 0.375. The van der Waals surface area contributed by atoms with Gasteiger partial charge in [-0.2, -0.15) is 0 Å². The maximum atomic E-state index is 12.4. The van der Waals surface area contributed by atoms with Crippen LogP contribution in [0.5, 0.6) is 0 Å². The number of thiophene rings is 1. The summed E-state index contributed by atoms with van der Waals surface area (Å²) in [6.45, 7) is 1.03. The van der Waals surface area contributed by atoms with E-state index in [4.69, 9.17) is 4.74 Å². The molecule has 0 radical (unpaired) electrons. The highest BCUT2D eigenvalue weighted by molar-refractivity contribution is 8.00. The van der Waals surface area contributed by atoms with Crippen molar-refractivity contribution in [1.29, 1.82) is 0 Å². The van der Waals surface area contributed by atoms with E-state index in [1.54, 1.807) is 17.5 Å². The Bertz CT molecular complexity index is 770. The largest absolute Gasteiger partial charge is 0.543 e. The molecule has 0 aliphatic carbocycles. The molecule has 25 heavy (non-hydrogen) atoms. The van der Waals surface area contributed by atoms with Gasteiger partial charge in [0.2, 0.25) is 5.91 Å². The summed E-state index contributed by atoms with van der Waals surface area (Å²) in [5.41, 5.74) is 0.0858. The number of esters is 1. The quantitative estimate of drug-likeness (QED) is 0.400. The topological polar surface area (TPSA) is 104 Å². The second-order valence-corrected chi connectivity index (χ2v) is 7.69. The molecule has 3 heterocycles. The van der Waals surface area contributed by atoms with E-state index >= 15 is 0 Å². The van der Waals surface area contributed by atoms with E-state index in [2.05, 4.69) is 0 Å². The molecule has 1 fully saturated rings. The van der Waals surface area contributed by atoms with E-state index in [1.165, 1.54) is 30.0 Å². The molecule has 0 aromatic carbocycles. The lowest BCUT2D eigenvalue weighted by Gasteiger charge is -2.50. The van der Waals surface area contributed by atoms with Crippen molar-refractivity contribution in [2.24, 2.45) is 5.92 Å². The highest BCUT2D eigenvalue weighted by Gasteiger charge is 2.52. The number of hydrogen-bond acceptors (Lipinski definition) is 8. The van der Waals surface area contributed by atoms with Crippen LogP contribution in [0.3, 0.4) is 0 Å². The standard InChI is InChI=1S/C16H15NO6S2/c1-8(18)23-6-9-7-25-15-10(5-11(19)12-3-2-4-24-12)14(20)17(15)13(9)16(21)22/h2-4,10,15H,5-7H2,1H3,(H,21,22)/p-1. The third-order valence-electron chi connectivity index (χ3n) is 4.00. The number of hydrogen-bond donors (Lipinski definition) is 0. The van der Waals surface area contributed by atoms with Crippen LogP contribution in [0, 0.1) is 5.92 Å². The van der Waals surface area contributed by atoms with Crippen LogP contribution in [0.2, 0.25) is 0 Å². The first-order valence-corrected chi connectivity index (χ1v) is 9.41. The van der Waals surface area contributed by atoms with Crippen molar-refractivity contribution in [3.8, 4) is 0 Å². The molecule has 1 saturated heterocycles. The van der Waals surface area contributed by atoms with Crippen molar-refractivity contribution in [2.45, 2.75) is 18.7 Å². The summed E-state index contributed by atoms with van der Waals surface area (Å²) in [5.74, 6) is -2.81. The third-order valence-corrected chi connectivity index (χ3v) is 6.31. The van der Waals surface area contributed by atoms with Crippen LogP contribution < -0.4 is 5.11 Å². The first-order valence-electron chi connectivity index (χ1n) is 7.48. The zero-order valence-electron chi connectivity index (χ0n) is 13.2. The van der Waals surface area contributed by atoms with Gasteiger partial charge >= 0.3 is 5.97 Å². The number of carbonyl (C=O) groups is 4. The number of carboxylic acid groups (broad SMARTS) is 1. The molecule has 0 saturated carbocycles. The van der Waals surface area contributed by atoms with Crippen molar-refractivity contribution in [3.63, 3.8) is 0 Å². The average Bonchev–Trinajstić information content (AvgIpc) is 3.11. The van der Waals surface area contributed by atoms with E-state index in [0.717, 1.165) is 4.90 Å². The number of β-lactam (4-membered cyclic amide) rings is 1. The summed E-state index contributed by atoms with van der Waals surface area (Å²) in [6.07, 6.45) is 0.0487. The van der Waals surface area contributed by atoms with Crippen molar-refractivity contribution in [1.82, 2.24) is 4.90 Å². The van der Waals surface area contributed by atoms with E-state index in [1.807, 2.05) is 0 Å². The Morgan fingerprint density at radius 3 is 2.76 bits per heavy atom. The highest BCUT2D eigenvalue weighted by Crippen LogP contribution is 2.45. The Labute approximate surface area is 151 Å². The molecular weight excluding hydrogens is 366 g/mol. The fourth-order valence-corrected chi connectivity index (χ4v) is 4.91. The Morgan fingerprint density at radius 2 is 2.16 bits per heavy atom. The van der Waals surface area contributed by atoms with E-state index in [0.29, 0.717) is 16.2 Å². The molecule has 2 aliphatic rings. The number of Topliss-reactive ketones (excluding diaryl/α,β-unsaturated/α-hetero) is 1. The van der Waals surface area contributed by atoms with Gasteiger partial charge in [0.15, 0.2) is 5.78 Å². The van der Waals surface area contributed by atoms with Crippen molar-refractivity contribution in [3.05, 3.63) is 33.7 Å². The Kier molecular flexibility index (Phi) is 4.96. The van der Waals surface area contributed by atoms with Crippen LogP contribution in [-0.2, 0) is 19.1 Å². The zero-order chi connectivity index (χ0) is 18.1. The van der Waals surface area contributed by atoms with Gasteiger partial charge in [-0.05, 0) is 11.4 Å². The number of carbonyl (C=O) groups excluding carboxylic acids is 4. The van der Waals surface area contributed by atoms with E-state index in [-0.39, 0.29) is 24.5 Å². The van der Waals surface area contributed by atoms with Gasteiger partial charge in [-0.3, -0.25) is 19.3 Å². The molecule has 1 amide bonds. The van der Waals surface area contributed by atoms with Gasteiger partial charge in [0.1, 0.15) is 6.61 Å². The molecule has 132 valence electrons. The monoisotopic (exact) mass is 380 g/mol. The number of ether oxygens (including phenoxy) is 1. The zero-order valence-corrected chi connectivity index (χ0v) is 14.9. The molecule has 1 aromatic rings. The van der Waals surface area contributed by atoms with Crippen molar-refractivity contribution in [2.75, 3.05) is 12.4 Å². The lowest BCUT2D eigenvalue weighted by molar-refractivity contribution is -0.301. The lowest BCUT2D eigenvalue weighted by atomic mass is 9.90. The smallest absolute Gasteiger partial charge is 0.302 e.